The summed E-state index contributed by atoms with van der Waals surface area (Å²) in [5.74, 6) is 0.330. The molecule has 3 heterocycles. The highest BCUT2D eigenvalue weighted by Gasteiger charge is 2.57. The molecule has 0 bridgehead atoms. The van der Waals surface area contributed by atoms with Crippen LogP contribution in [0.5, 0.6) is 11.5 Å². The number of methoxy groups -OCH3 is 1. The number of thioether (sulfide) groups is 1. The minimum absolute atomic E-state index is 0.0601. The monoisotopic (exact) mass is 454 g/mol. The van der Waals surface area contributed by atoms with Crippen molar-refractivity contribution in [2.45, 2.75) is 17.4 Å². The number of para-hydroxylation sites is 1. The summed E-state index contributed by atoms with van der Waals surface area (Å²) in [5.41, 5.74) is 0.322. The molecule has 2 aromatic carbocycles. The Labute approximate surface area is 185 Å². The molecule has 0 aliphatic carbocycles. The fourth-order valence-corrected chi connectivity index (χ4v) is 6.73. The number of ether oxygens (including phenoxy) is 2. The van der Waals surface area contributed by atoms with Crippen molar-refractivity contribution < 1.29 is 19.1 Å². The van der Waals surface area contributed by atoms with E-state index in [-0.39, 0.29) is 17.2 Å². The molecule has 0 spiro atoms. The Bertz CT molecular complexity index is 1230. The second kappa shape index (κ2) is 7.58. The smallest absolute Gasteiger partial charge is 0.319 e. The number of rotatable bonds is 4. The average molecular weight is 455 g/mol. The summed E-state index contributed by atoms with van der Waals surface area (Å²) < 4.78 is 10.8. The van der Waals surface area contributed by atoms with Gasteiger partial charge < -0.3 is 19.8 Å². The summed E-state index contributed by atoms with van der Waals surface area (Å²) in [4.78, 5) is 41.9. The van der Waals surface area contributed by atoms with Crippen molar-refractivity contribution in [1.82, 2.24) is 4.98 Å². The van der Waals surface area contributed by atoms with Crippen molar-refractivity contribution in [2.24, 2.45) is 5.41 Å². The van der Waals surface area contributed by atoms with E-state index in [0.29, 0.717) is 22.9 Å². The highest BCUT2D eigenvalue weighted by Crippen LogP contribution is 2.58. The van der Waals surface area contributed by atoms with E-state index in [2.05, 4.69) is 10.3 Å². The number of thiazole rings is 1. The van der Waals surface area contributed by atoms with Gasteiger partial charge in [-0.25, -0.2) is 0 Å². The van der Waals surface area contributed by atoms with Gasteiger partial charge in [0.15, 0.2) is 0 Å². The molecule has 7 nitrogen and oxygen atoms in total. The molecular formula is C22H18N2O5S2. The summed E-state index contributed by atoms with van der Waals surface area (Å²) in [7, 11) is 1.57. The number of aromatic amines is 1. The quantitative estimate of drug-likeness (QED) is 0.462. The van der Waals surface area contributed by atoms with Crippen molar-refractivity contribution in [3.8, 4) is 11.5 Å². The van der Waals surface area contributed by atoms with Crippen LogP contribution in [0.4, 0.5) is 5.69 Å². The molecule has 2 N–H and O–H groups in total. The second-order valence-corrected chi connectivity index (χ2v) is 9.47. The van der Waals surface area contributed by atoms with Crippen LogP contribution in [0, 0.1) is 5.41 Å². The van der Waals surface area contributed by atoms with Gasteiger partial charge in [-0.1, -0.05) is 29.5 Å². The number of esters is 1. The summed E-state index contributed by atoms with van der Waals surface area (Å²) >= 11 is 2.47. The molecule has 3 aromatic rings. The molecule has 0 radical (unpaired) electrons. The molecule has 0 saturated heterocycles. The van der Waals surface area contributed by atoms with Gasteiger partial charge in [-0.2, -0.15) is 0 Å². The first kappa shape index (κ1) is 19.9. The third-order valence-corrected chi connectivity index (χ3v) is 7.97. The minimum Gasteiger partial charge on any atom is -0.497 e. The van der Waals surface area contributed by atoms with E-state index in [1.807, 2.05) is 12.1 Å². The van der Waals surface area contributed by atoms with Crippen molar-refractivity contribution in [2.75, 3.05) is 18.2 Å². The van der Waals surface area contributed by atoms with E-state index >= 15 is 0 Å². The lowest BCUT2D eigenvalue weighted by Gasteiger charge is -2.44. The number of H-pyrrole nitrogens is 1. The lowest BCUT2D eigenvalue weighted by Crippen LogP contribution is -2.49. The van der Waals surface area contributed by atoms with Crippen LogP contribution in [-0.4, -0.2) is 29.7 Å². The summed E-state index contributed by atoms with van der Waals surface area (Å²) in [6, 6.07) is 14.3. The summed E-state index contributed by atoms with van der Waals surface area (Å²) in [6.45, 7) is 0. The maximum absolute atomic E-state index is 13.3. The van der Waals surface area contributed by atoms with Crippen LogP contribution in [0.1, 0.15) is 22.8 Å². The standard InChI is InChI=1S/C22H18N2O5S2/c1-28-13-8-6-12(7-9-13)23-16(25)10-22-11-30-19-18(31-21(27)24-19)17(22)14-4-2-3-5-15(14)29-20(22)26/h2-9,17H,10-11H2,1H3,(H,23,25)(H,24,27)/t17-,22+/m1/s1. The number of anilines is 1. The highest BCUT2D eigenvalue weighted by atomic mass is 32.2. The topological polar surface area (TPSA) is 97.5 Å². The van der Waals surface area contributed by atoms with Crippen LogP contribution in [0.2, 0.25) is 0 Å². The maximum atomic E-state index is 13.3. The van der Waals surface area contributed by atoms with E-state index in [1.54, 1.807) is 43.5 Å². The van der Waals surface area contributed by atoms with Gasteiger partial charge in [0.05, 0.1) is 17.6 Å². The third-order valence-electron chi connectivity index (χ3n) is 5.62. The first-order chi connectivity index (χ1) is 15.0. The van der Waals surface area contributed by atoms with Crippen LogP contribution in [0.15, 0.2) is 58.4 Å². The summed E-state index contributed by atoms with van der Waals surface area (Å²) in [5, 5.41) is 3.62. The van der Waals surface area contributed by atoms with Crippen LogP contribution in [0.25, 0.3) is 0 Å². The molecule has 0 unspecified atom stereocenters. The molecule has 2 aliphatic heterocycles. The van der Waals surface area contributed by atoms with E-state index in [0.717, 1.165) is 26.8 Å². The molecule has 0 saturated carbocycles. The number of nitrogens with one attached hydrogen (secondary N) is 2. The molecule has 1 aromatic heterocycles. The van der Waals surface area contributed by atoms with E-state index in [1.165, 1.54) is 11.8 Å². The molecule has 31 heavy (non-hydrogen) atoms. The number of aromatic nitrogens is 1. The average Bonchev–Trinajstić information content (AvgIpc) is 3.14. The largest absolute Gasteiger partial charge is 0.497 e. The Morgan fingerprint density at radius 2 is 2.00 bits per heavy atom. The maximum Gasteiger partial charge on any atom is 0.319 e. The third kappa shape index (κ3) is 3.34. The fourth-order valence-electron chi connectivity index (χ4n) is 4.18. The Morgan fingerprint density at radius 1 is 1.23 bits per heavy atom. The number of hydrogen-bond donors (Lipinski definition) is 2. The zero-order valence-electron chi connectivity index (χ0n) is 16.5. The second-order valence-electron chi connectivity index (χ2n) is 7.47. The first-order valence-electron chi connectivity index (χ1n) is 9.61. The molecule has 1 amide bonds. The van der Waals surface area contributed by atoms with Gasteiger partial charge in [-0.05, 0) is 30.3 Å². The highest BCUT2D eigenvalue weighted by molar-refractivity contribution is 7.99. The van der Waals surface area contributed by atoms with Crippen LogP contribution < -0.4 is 19.7 Å². The molecule has 158 valence electrons. The van der Waals surface area contributed by atoms with E-state index in [4.69, 9.17) is 9.47 Å². The van der Waals surface area contributed by atoms with Gasteiger partial charge in [0.25, 0.3) is 0 Å². The van der Waals surface area contributed by atoms with Crippen molar-refractivity contribution >= 4 is 40.7 Å². The van der Waals surface area contributed by atoms with Gasteiger partial charge in [0, 0.05) is 34.2 Å². The molecule has 9 heteroatoms. The molecular weight excluding hydrogens is 436 g/mol. The Kier molecular flexibility index (Phi) is 4.86. The van der Waals surface area contributed by atoms with Gasteiger partial charge in [-0.3, -0.25) is 14.4 Å². The Hall–Kier alpha value is -3.04. The lowest BCUT2D eigenvalue weighted by atomic mass is 9.68. The van der Waals surface area contributed by atoms with Crippen molar-refractivity contribution in [3.63, 3.8) is 0 Å². The van der Waals surface area contributed by atoms with Crippen molar-refractivity contribution in [3.05, 3.63) is 68.6 Å². The van der Waals surface area contributed by atoms with Crippen LogP contribution >= 0.6 is 23.1 Å². The SMILES string of the molecule is COc1ccc(NC(=O)C[C@]23CSc4[nH]c(=O)sc4[C@H]2c2ccccc2OC3=O)cc1. The number of carbonyl (C=O) groups is 2. The number of benzene rings is 2. The normalized spacial score (nSPS) is 21.3. The summed E-state index contributed by atoms with van der Waals surface area (Å²) in [6.07, 6.45) is -0.0601. The first-order valence-corrected chi connectivity index (χ1v) is 11.4. The Morgan fingerprint density at radius 3 is 2.77 bits per heavy atom. The van der Waals surface area contributed by atoms with Gasteiger partial charge in [-0.15, -0.1) is 11.8 Å². The zero-order valence-corrected chi connectivity index (χ0v) is 18.1. The van der Waals surface area contributed by atoms with Gasteiger partial charge in [0.1, 0.15) is 11.5 Å². The fraction of sp³-hybridized carbons (Fsp3) is 0.227. The van der Waals surface area contributed by atoms with Crippen molar-refractivity contribution in [1.29, 1.82) is 0 Å². The molecule has 2 aliphatic rings. The number of hydrogen-bond acceptors (Lipinski definition) is 7. The molecule has 2 atom stereocenters. The Balaban J connectivity index is 1.53. The zero-order chi connectivity index (χ0) is 21.6. The van der Waals surface area contributed by atoms with E-state index in [9.17, 15) is 14.4 Å². The minimum atomic E-state index is -1.10. The lowest BCUT2D eigenvalue weighted by molar-refractivity contribution is -0.149. The molecule has 0 fully saturated rings. The predicted octanol–water partition coefficient (Wildman–Crippen LogP) is 3.62. The van der Waals surface area contributed by atoms with Crippen LogP contribution in [-0.2, 0) is 9.59 Å². The number of fused-ring (bicyclic) bond motifs is 5. The van der Waals surface area contributed by atoms with E-state index < -0.39 is 17.3 Å². The van der Waals surface area contributed by atoms with Gasteiger partial charge in [0.2, 0.25) is 5.91 Å². The number of carbonyl (C=O) groups excluding carboxylic acids is 2. The number of amides is 1. The van der Waals surface area contributed by atoms with Gasteiger partial charge >= 0.3 is 10.8 Å². The predicted molar refractivity (Wildman–Crippen MR) is 118 cm³/mol. The molecule has 5 rings (SSSR count). The van der Waals surface area contributed by atoms with Crippen LogP contribution in [0.3, 0.4) is 0 Å².